The number of hydrogen-bond donors (Lipinski definition) is 0. The maximum absolute atomic E-state index is 4.91. The fraction of sp³-hybridized carbons (Fsp3) is 0.200. The van der Waals surface area contributed by atoms with Crippen molar-refractivity contribution in [3.63, 3.8) is 0 Å². The van der Waals surface area contributed by atoms with E-state index >= 15 is 0 Å². The summed E-state index contributed by atoms with van der Waals surface area (Å²) in [4.78, 5) is 9.26. The standard InChI is InChI=1S/C25H26N2/c1-25(2,3)18-27-23(20-12-6-5-7-13-20)17-24(26-4)22-16-10-14-19-11-8-9-15-21(19)22/h5-17H,4,18H2,1-3H3/b24-17-,27-23?. The Morgan fingerprint density at radius 3 is 2.26 bits per heavy atom. The summed E-state index contributed by atoms with van der Waals surface area (Å²) in [7, 11) is 0. The normalized spacial score (nSPS) is 13.0. The summed E-state index contributed by atoms with van der Waals surface area (Å²) in [6.45, 7) is 11.2. The molecule has 0 N–H and O–H groups in total. The molecule has 136 valence electrons. The van der Waals surface area contributed by atoms with E-state index in [2.05, 4.69) is 93.2 Å². The summed E-state index contributed by atoms with van der Waals surface area (Å²) in [6.07, 6.45) is 2.05. The van der Waals surface area contributed by atoms with E-state index < -0.39 is 0 Å². The Hall–Kier alpha value is -3.00. The van der Waals surface area contributed by atoms with Crippen LogP contribution in [0.15, 0.2) is 88.9 Å². The zero-order valence-electron chi connectivity index (χ0n) is 16.3. The smallest absolute Gasteiger partial charge is 0.0722 e. The van der Waals surface area contributed by atoms with E-state index in [4.69, 9.17) is 4.99 Å². The van der Waals surface area contributed by atoms with Gasteiger partial charge in [-0.15, -0.1) is 0 Å². The number of rotatable bonds is 5. The molecule has 0 heterocycles. The Bertz CT molecular complexity index is 984. The minimum absolute atomic E-state index is 0.120. The highest BCUT2D eigenvalue weighted by molar-refractivity contribution is 6.13. The van der Waals surface area contributed by atoms with Crippen molar-refractivity contribution in [3.8, 4) is 0 Å². The van der Waals surface area contributed by atoms with Gasteiger partial charge in [0.2, 0.25) is 0 Å². The SMILES string of the molecule is C=N/C(=C\C(=NCC(C)(C)C)c1ccccc1)c1cccc2ccccc12. The quantitative estimate of drug-likeness (QED) is 0.473. The van der Waals surface area contributed by atoms with Crippen LogP contribution in [0.1, 0.15) is 31.9 Å². The molecule has 2 nitrogen and oxygen atoms in total. The highest BCUT2D eigenvalue weighted by atomic mass is 14.8. The average molecular weight is 354 g/mol. The molecule has 0 saturated carbocycles. The first-order valence-electron chi connectivity index (χ1n) is 9.24. The average Bonchev–Trinajstić information content (AvgIpc) is 2.68. The molecule has 3 aromatic rings. The Labute approximate surface area is 162 Å². The van der Waals surface area contributed by atoms with Gasteiger partial charge in [0, 0.05) is 12.1 Å². The lowest BCUT2D eigenvalue weighted by atomic mass is 9.96. The van der Waals surface area contributed by atoms with Crippen molar-refractivity contribution < 1.29 is 0 Å². The van der Waals surface area contributed by atoms with Crippen LogP contribution in [0.2, 0.25) is 0 Å². The van der Waals surface area contributed by atoms with Crippen molar-refractivity contribution >= 4 is 28.9 Å². The summed E-state index contributed by atoms with van der Waals surface area (Å²) >= 11 is 0. The van der Waals surface area contributed by atoms with E-state index in [1.54, 1.807) is 0 Å². The van der Waals surface area contributed by atoms with E-state index in [0.717, 1.165) is 29.1 Å². The number of hydrogen-bond acceptors (Lipinski definition) is 2. The Morgan fingerprint density at radius 2 is 1.56 bits per heavy atom. The van der Waals surface area contributed by atoms with Crippen LogP contribution in [0.25, 0.3) is 16.5 Å². The van der Waals surface area contributed by atoms with E-state index in [1.165, 1.54) is 10.8 Å². The third-order valence-corrected chi connectivity index (χ3v) is 4.30. The van der Waals surface area contributed by atoms with Gasteiger partial charge in [0.15, 0.2) is 0 Å². The molecule has 3 aromatic carbocycles. The summed E-state index contributed by atoms with van der Waals surface area (Å²) in [6, 6.07) is 24.9. The lowest BCUT2D eigenvalue weighted by Crippen LogP contribution is -2.12. The largest absolute Gasteiger partial charge is 0.284 e. The van der Waals surface area contributed by atoms with Gasteiger partial charge in [-0.05, 0) is 34.5 Å². The Balaban J connectivity index is 2.13. The van der Waals surface area contributed by atoms with Crippen LogP contribution < -0.4 is 0 Å². The predicted molar refractivity (Wildman–Crippen MR) is 119 cm³/mol. The fourth-order valence-corrected chi connectivity index (χ4v) is 2.94. The molecule has 0 aliphatic rings. The van der Waals surface area contributed by atoms with Gasteiger partial charge in [-0.2, -0.15) is 0 Å². The molecule has 0 radical (unpaired) electrons. The molecule has 0 aromatic heterocycles. The molecule has 0 unspecified atom stereocenters. The van der Waals surface area contributed by atoms with Gasteiger partial charge in [-0.3, -0.25) is 9.98 Å². The first-order chi connectivity index (χ1) is 13.0. The first kappa shape index (κ1) is 18.8. The minimum atomic E-state index is 0.120. The lowest BCUT2D eigenvalue weighted by molar-refractivity contribution is 0.430. The highest BCUT2D eigenvalue weighted by Crippen LogP contribution is 2.26. The molecule has 0 bridgehead atoms. The van der Waals surface area contributed by atoms with Crippen molar-refractivity contribution in [2.24, 2.45) is 15.4 Å². The Kier molecular flexibility index (Phi) is 5.66. The van der Waals surface area contributed by atoms with E-state index in [9.17, 15) is 0 Å². The van der Waals surface area contributed by atoms with Gasteiger partial charge in [0.05, 0.1) is 11.4 Å². The van der Waals surface area contributed by atoms with Crippen LogP contribution in [-0.2, 0) is 0 Å². The number of nitrogens with zero attached hydrogens (tertiary/aromatic N) is 2. The highest BCUT2D eigenvalue weighted by Gasteiger charge is 2.12. The second kappa shape index (κ2) is 8.13. The lowest BCUT2D eigenvalue weighted by Gasteiger charge is -2.16. The van der Waals surface area contributed by atoms with E-state index in [0.29, 0.717) is 0 Å². The third-order valence-electron chi connectivity index (χ3n) is 4.30. The van der Waals surface area contributed by atoms with Crippen LogP contribution in [0.4, 0.5) is 0 Å². The molecule has 0 aliphatic heterocycles. The van der Waals surface area contributed by atoms with Crippen molar-refractivity contribution in [2.75, 3.05) is 6.54 Å². The fourth-order valence-electron chi connectivity index (χ4n) is 2.94. The molecule has 0 fully saturated rings. The van der Waals surface area contributed by atoms with Gasteiger partial charge in [0.1, 0.15) is 0 Å². The summed E-state index contributed by atoms with van der Waals surface area (Å²) in [5, 5.41) is 2.36. The molecule has 2 heteroatoms. The molecular formula is C25H26N2. The minimum Gasteiger partial charge on any atom is -0.284 e. The monoisotopic (exact) mass is 354 g/mol. The summed E-state index contributed by atoms with van der Waals surface area (Å²) in [5.41, 5.74) is 4.05. The van der Waals surface area contributed by atoms with Gasteiger partial charge >= 0.3 is 0 Å². The van der Waals surface area contributed by atoms with Crippen molar-refractivity contribution in [2.45, 2.75) is 20.8 Å². The van der Waals surface area contributed by atoms with Crippen molar-refractivity contribution in [1.82, 2.24) is 0 Å². The number of benzene rings is 3. The molecule has 0 aliphatic carbocycles. The zero-order valence-corrected chi connectivity index (χ0v) is 16.3. The molecule has 0 atom stereocenters. The van der Waals surface area contributed by atoms with Crippen LogP contribution in [0.5, 0.6) is 0 Å². The first-order valence-corrected chi connectivity index (χ1v) is 9.24. The van der Waals surface area contributed by atoms with Crippen LogP contribution in [0.3, 0.4) is 0 Å². The van der Waals surface area contributed by atoms with E-state index in [-0.39, 0.29) is 5.41 Å². The number of allylic oxidation sites excluding steroid dienone is 1. The third kappa shape index (κ3) is 4.79. The molecule has 3 rings (SSSR count). The van der Waals surface area contributed by atoms with Crippen LogP contribution in [0, 0.1) is 5.41 Å². The maximum atomic E-state index is 4.91. The van der Waals surface area contributed by atoms with E-state index in [1.807, 2.05) is 18.2 Å². The van der Waals surface area contributed by atoms with Gasteiger partial charge in [-0.25, -0.2) is 0 Å². The number of fused-ring (bicyclic) bond motifs is 1. The molecular weight excluding hydrogens is 328 g/mol. The second-order valence-corrected chi connectivity index (χ2v) is 7.84. The zero-order chi connectivity index (χ0) is 19.3. The molecule has 0 spiro atoms. The van der Waals surface area contributed by atoms with Gasteiger partial charge < -0.3 is 0 Å². The van der Waals surface area contributed by atoms with Crippen LogP contribution in [-0.4, -0.2) is 19.0 Å². The molecule has 0 saturated heterocycles. The summed E-state index contributed by atoms with van der Waals surface area (Å²) in [5.74, 6) is 0. The van der Waals surface area contributed by atoms with Gasteiger partial charge in [-0.1, -0.05) is 93.6 Å². The molecule has 27 heavy (non-hydrogen) atoms. The van der Waals surface area contributed by atoms with Crippen molar-refractivity contribution in [1.29, 1.82) is 0 Å². The summed E-state index contributed by atoms with van der Waals surface area (Å²) < 4.78 is 0. The molecule has 0 amide bonds. The number of aliphatic imine (C=N–C) groups is 2. The second-order valence-electron chi connectivity index (χ2n) is 7.84. The predicted octanol–water partition coefficient (Wildman–Crippen LogP) is 6.42. The van der Waals surface area contributed by atoms with Crippen molar-refractivity contribution in [3.05, 3.63) is 90.0 Å². The Morgan fingerprint density at radius 1 is 0.889 bits per heavy atom. The maximum Gasteiger partial charge on any atom is 0.0722 e. The van der Waals surface area contributed by atoms with Gasteiger partial charge in [0.25, 0.3) is 0 Å². The van der Waals surface area contributed by atoms with Crippen LogP contribution >= 0.6 is 0 Å². The topological polar surface area (TPSA) is 24.7 Å².